The van der Waals surface area contributed by atoms with Gasteiger partial charge in [0.15, 0.2) is 0 Å². The SMILES string of the molecule is CCCCCOC(=O)C(C)N1C(=O)C=CC1=O. The molecule has 1 aliphatic heterocycles. The Morgan fingerprint density at radius 1 is 1.29 bits per heavy atom. The van der Waals surface area contributed by atoms with Crippen LogP contribution in [-0.2, 0) is 19.1 Å². The summed E-state index contributed by atoms with van der Waals surface area (Å²) < 4.78 is 5.00. The van der Waals surface area contributed by atoms with Crippen LogP contribution >= 0.6 is 0 Å². The molecule has 1 heterocycles. The number of carbonyl (C=O) groups excluding carboxylic acids is 3. The summed E-state index contributed by atoms with van der Waals surface area (Å²) in [6.07, 6.45) is 5.15. The molecule has 94 valence electrons. The first kappa shape index (κ1) is 13.4. The second-order valence-electron chi connectivity index (χ2n) is 3.93. The lowest BCUT2D eigenvalue weighted by Gasteiger charge is -2.20. The number of amides is 2. The van der Waals surface area contributed by atoms with Crippen molar-refractivity contribution in [1.82, 2.24) is 4.90 Å². The molecular weight excluding hydrogens is 222 g/mol. The van der Waals surface area contributed by atoms with E-state index in [-0.39, 0.29) is 0 Å². The van der Waals surface area contributed by atoms with Crippen LogP contribution in [0.4, 0.5) is 0 Å². The first-order valence-corrected chi connectivity index (χ1v) is 5.79. The van der Waals surface area contributed by atoms with Crippen molar-refractivity contribution < 1.29 is 19.1 Å². The fourth-order valence-electron chi connectivity index (χ4n) is 1.54. The van der Waals surface area contributed by atoms with Crippen LogP contribution in [0.5, 0.6) is 0 Å². The molecule has 0 aromatic carbocycles. The summed E-state index contributed by atoms with van der Waals surface area (Å²) in [5.74, 6) is -1.47. The summed E-state index contributed by atoms with van der Waals surface area (Å²) in [4.78, 5) is 35.1. The number of unbranched alkanes of at least 4 members (excludes halogenated alkanes) is 2. The maximum absolute atomic E-state index is 11.6. The number of hydrogen-bond acceptors (Lipinski definition) is 4. The molecule has 1 unspecified atom stereocenters. The second-order valence-corrected chi connectivity index (χ2v) is 3.93. The van der Waals surface area contributed by atoms with Crippen LogP contribution < -0.4 is 0 Å². The predicted molar refractivity (Wildman–Crippen MR) is 60.9 cm³/mol. The van der Waals surface area contributed by atoms with Crippen LogP contribution in [0.25, 0.3) is 0 Å². The van der Waals surface area contributed by atoms with Crippen LogP contribution in [0.1, 0.15) is 33.1 Å². The molecule has 0 radical (unpaired) electrons. The van der Waals surface area contributed by atoms with E-state index in [0.717, 1.165) is 36.3 Å². The van der Waals surface area contributed by atoms with Crippen LogP contribution in [0.2, 0.25) is 0 Å². The second kappa shape index (κ2) is 6.18. The van der Waals surface area contributed by atoms with Crippen molar-refractivity contribution in [2.75, 3.05) is 6.61 Å². The fraction of sp³-hybridized carbons (Fsp3) is 0.583. The first-order valence-electron chi connectivity index (χ1n) is 5.79. The molecular formula is C12H17NO4. The van der Waals surface area contributed by atoms with E-state index >= 15 is 0 Å². The lowest BCUT2D eigenvalue weighted by atomic mass is 10.2. The highest BCUT2D eigenvalue weighted by molar-refractivity contribution is 6.14. The third kappa shape index (κ3) is 3.41. The Balaban J connectivity index is 2.41. The quantitative estimate of drug-likeness (QED) is 0.394. The number of carbonyl (C=O) groups is 3. The van der Waals surface area contributed by atoms with E-state index in [9.17, 15) is 14.4 Å². The summed E-state index contributed by atoms with van der Waals surface area (Å²) in [6, 6.07) is -0.855. The first-order chi connectivity index (χ1) is 8.07. The van der Waals surface area contributed by atoms with E-state index in [1.54, 1.807) is 0 Å². The predicted octanol–water partition coefficient (Wildman–Crippen LogP) is 1.03. The highest BCUT2D eigenvalue weighted by atomic mass is 16.5. The van der Waals surface area contributed by atoms with Gasteiger partial charge in [-0.05, 0) is 13.3 Å². The van der Waals surface area contributed by atoms with Crippen molar-refractivity contribution >= 4 is 17.8 Å². The van der Waals surface area contributed by atoms with Gasteiger partial charge < -0.3 is 4.74 Å². The van der Waals surface area contributed by atoms with Gasteiger partial charge in [-0.2, -0.15) is 0 Å². The van der Waals surface area contributed by atoms with Gasteiger partial charge in [0.05, 0.1) is 6.61 Å². The third-order valence-electron chi connectivity index (χ3n) is 2.56. The zero-order valence-electron chi connectivity index (χ0n) is 10.1. The molecule has 17 heavy (non-hydrogen) atoms. The Bertz CT molecular complexity index is 330. The molecule has 0 aromatic heterocycles. The van der Waals surface area contributed by atoms with Gasteiger partial charge in [0.1, 0.15) is 6.04 Å². The maximum atomic E-state index is 11.6. The van der Waals surface area contributed by atoms with Crippen molar-refractivity contribution in [2.45, 2.75) is 39.2 Å². The number of imide groups is 1. The molecule has 2 amide bonds. The lowest BCUT2D eigenvalue weighted by Crippen LogP contribution is -2.43. The molecule has 1 atom stereocenters. The van der Waals surface area contributed by atoms with E-state index in [4.69, 9.17) is 4.74 Å². The Morgan fingerprint density at radius 3 is 2.41 bits per heavy atom. The Labute approximate surface area is 100 Å². The van der Waals surface area contributed by atoms with Crippen LogP contribution in [0.3, 0.4) is 0 Å². The minimum Gasteiger partial charge on any atom is -0.464 e. The minimum atomic E-state index is -0.855. The van der Waals surface area contributed by atoms with Gasteiger partial charge >= 0.3 is 5.97 Å². The van der Waals surface area contributed by atoms with Gasteiger partial charge in [0.25, 0.3) is 11.8 Å². The van der Waals surface area contributed by atoms with Crippen molar-refractivity contribution in [3.05, 3.63) is 12.2 Å². The number of esters is 1. The minimum absolute atomic E-state index is 0.334. The van der Waals surface area contributed by atoms with Gasteiger partial charge in [0, 0.05) is 12.2 Å². The Morgan fingerprint density at radius 2 is 1.88 bits per heavy atom. The average molecular weight is 239 g/mol. The van der Waals surface area contributed by atoms with Gasteiger partial charge in [-0.3, -0.25) is 14.5 Å². The molecule has 5 heteroatoms. The molecule has 0 aromatic rings. The van der Waals surface area contributed by atoms with Crippen molar-refractivity contribution in [1.29, 1.82) is 0 Å². The zero-order chi connectivity index (χ0) is 12.8. The molecule has 0 fully saturated rings. The van der Waals surface area contributed by atoms with Crippen molar-refractivity contribution in [2.24, 2.45) is 0 Å². The molecule has 0 saturated carbocycles. The standard InChI is InChI=1S/C12H17NO4/c1-3-4-5-8-17-12(16)9(2)13-10(14)6-7-11(13)15/h6-7,9H,3-5,8H2,1-2H3. The van der Waals surface area contributed by atoms with E-state index in [1.165, 1.54) is 6.92 Å². The van der Waals surface area contributed by atoms with Gasteiger partial charge in [-0.15, -0.1) is 0 Å². The average Bonchev–Trinajstić information content (AvgIpc) is 2.63. The summed E-state index contributed by atoms with van der Waals surface area (Å²) in [5.41, 5.74) is 0. The Hall–Kier alpha value is -1.65. The van der Waals surface area contributed by atoms with Crippen molar-refractivity contribution in [3.63, 3.8) is 0 Å². The molecule has 1 rings (SSSR count). The molecule has 0 spiro atoms. The van der Waals surface area contributed by atoms with E-state index in [1.807, 2.05) is 0 Å². The number of rotatable bonds is 6. The highest BCUT2D eigenvalue weighted by Gasteiger charge is 2.33. The zero-order valence-corrected chi connectivity index (χ0v) is 10.1. The van der Waals surface area contributed by atoms with E-state index in [0.29, 0.717) is 6.61 Å². The van der Waals surface area contributed by atoms with Crippen LogP contribution in [-0.4, -0.2) is 35.3 Å². The summed E-state index contributed by atoms with van der Waals surface area (Å²) in [6.45, 7) is 3.88. The molecule has 1 aliphatic rings. The maximum Gasteiger partial charge on any atom is 0.329 e. The Kier molecular flexibility index (Phi) is 4.87. The highest BCUT2D eigenvalue weighted by Crippen LogP contribution is 2.10. The lowest BCUT2D eigenvalue weighted by molar-refractivity contribution is -0.156. The fourth-order valence-corrected chi connectivity index (χ4v) is 1.54. The van der Waals surface area contributed by atoms with E-state index in [2.05, 4.69) is 6.92 Å². The smallest absolute Gasteiger partial charge is 0.329 e. The number of ether oxygens (including phenoxy) is 1. The van der Waals surface area contributed by atoms with Crippen LogP contribution in [0, 0.1) is 0 Å². The largest absolute Gasteiger partial charge is 0.464 e. The van der Waals surface area contributed by atoms with Gasteiger partial charge in [-0.25, -0.2) is 4.79 Å². The number of hydrogen-bond donors (Lipinski definition) is 0. The number of nitrogens with zero attached hydrogens (tertiary/aromatic N) is 1. The summed E-state index contributed by atoms with van der Waals surface area (Å²) >= 11 is 0. The summed E-state index contributed by atoms with van der Waals surface area (Å²) in [5, 5.41) is 0. The molecule has 5 nitrogen and oxygen atoms in total. The summed E-state index contributed by atoms with van der Waals surface area (Å²) in [7, 11) is 0. The van der Waals surface area contributed by atoms with Gasteiger partial charge in [-0.1, -0.05) is 19.8 Å². The molecule has 0 saturated heterocycles. The monoisotopic (exact) mass is 239 g/mol. The topological polar surface area (TPSA) is 63.7 Å². The molecule has 0 N–H and O–H groups in total. The molecule has 0 bridgehead atoms. The van der Waals surface area contributed by atoms with Crippen LogP contribution in [0.15, 0.2) is 12.2 Å². The van der Waals surface area contributed by atoms with Gasteiger partial charge in [0.2, 0.25) is 0 Å². The third-order valence-corrected chi connectivity index (χ3v) is 2.56. The normalized spacial score (nSPS) is 16.5. The van der Waals surface area contributed by atoms with Crippen molar-refractivity contribution in [3.8, 4) is 0 Å². The molecule has 0 aliphatic carbocycles. The van der Waals surface area contributed by atoms with E-state index < -0.39 is 23.8 Å².